The summed E-state index contributed by atoms with van der Waals surface area (Å²) in [5.41, 5.74) is 4.79. The van der Waals surface area contributed by atoms with Crippen LogP contribution in [0, 0.1) is 13.8 Å². The lowest BCUT2D eigenvalue weighted by molar-refractivity contribution is 0.312. The summed E-state index contributed by atoms with van der Waals surface area (Å²) in [5, 5.41) is 11.5. The molecular weight excluding hydrogens is 388 g/mol. The maximum absolute atomic E-state index is 4.88. The molecule has 1 aliphatic rings. The van der Waals surface area contributed by atoms with Crippen molar-refractivity contribution >= 4 is 11.8 Å². The van der Waals surface area contributed by atoms with Crippen molar-refractivity contribution in [1.82, 2.24) is 30.3 Å². The Balaban J connectivity index is 1.68. The van der Waals surface area contributed by atoms with Crippen molar-refractivity contribution in [1.29, 1.82) is 0 Å². The number of hydrogen-bond acceptors (Lipinski definition) is 5. The molecule has 3 heterocycles. The molecule has 1 unspecified atom stereocenters. The highest BCUT2D eigenvalue weighted by Gasteiger charge is 2.18. The van der Waals surface area contributed by atoms with E-state index in [1.165, 1.54) is 11.3 Å². The van der Waals surface area contributed by atoms with Gasteiger partial charge in [0.25, 0.3) is 0 Å². The summed E-state index contributed by atoms with van der Waals surface area (Å²) < 4.78 is 1.96. The second kappa shape index (κ2) is 10.6. The molecule has 0 radical (unpaired) electrons. The SMILES string of the molecule is CCNC(=NCc1cccnc1N1CCN(C)CC1)NC(C)Cc1c(C)nn(C)c1C. The first kappa shape index (κ1) is 23.1. The number of rotatable bonds is 7. The Morgan fingerprint density at radius 1 is 1.19 bits per heavy atom. The second-order valence-corrected chi connectivity index (χ2v) is 8.49. The van der Waals surface area contributed by atoms with Crippen molar-refractivity contribution < 1.29 is 0 Å². The van der Waals surface area contributed by atoms with Crippen molar-refractivity contribution in [3.05, 3.63) is 40.8 Å². The minimum atomic E-state index is 0.241. The zero-order valence-electron chi connectivity index (χ0n) is 19.9. The topological polar surface area (TPSA) is 73.6 Å². The predicted molar refractivity (Wildman–Crippen MR) is 128 cm³/mol. The molecule has 0 amide bonds. The summed E-state index contributed by atoms with van der Waals surface area (Å²) in [6.07, 6.45) is 2.79. The van der Waals surface area contributed by atoms with E-state index in [0.29, 0.717) is 6.54 Å². The van der Waals surface area contributed by atoms with Crippen LogP contribution in [0.5, 0.6) is 0 Å². The summed E-state index contributed by atoms with van der Waals surface area (Å²) >= 11 is 0. The molecule has 8 nitrogen and oxygen atoms in total. The molecule has 0 aliphatic carbocycles. The number of aliphatic imine (C=N–C) groups is 1. The quantitative estimate of drug-likeness (QED) is 0.520. The van der Waals surface area contributed by atoms with E-state index in [9.17, 15) is 0 Å². The van der Waals surface area contributed by atoms with Crippen molar-refractivity contribution in [3.63, 3.8) is 0 Å². The molecule has 1 aliphatic heterocycles. The van der Waals surface area contributed by atoms with Crippen LogP contribution in [-0.4, -0.2) is 71.4 Å². The highest BCUT2D eigenvalue weighted by molar-refractivity contribution is 5.80. The molecule has 2 N–H and O–H groups in total. The molecular formula is C23H38N8. The van der Waals surface area contributed by atoms with Gasteiger partial charge in [-0.1, -0.05) is 6.07 Å². The van der Waals surface area contributed by atoms with Gasteiger partial charge in [-0.3, -0.25) is 4.68 Å². The van der Waals surface area contributed by atoms with Crippen LogP contribution in [0.1, 0.15) is 36.4 Å². The highest BCUT2D eigenvalue weighted by Crippen LogP contribution is 2.19. The van der Waals surface area contributed by atoms with E-state index in [2.05, 4.69) is 71.3 Å². The standard InChI is InChI=1S/C23H38N8/c1-7-24-23(27-17(2)15-21-18(3)28-30(6)19(21)4)26-16-20-9-8-10-25-22(20)31-13-11-29(5)12-14-31/h8-10,17H,7,11-16H2,1-6H3,(H2,24,26,27). The molecule has 2 aromatic heterocycles. The highest BCUT2D eigenvalue weighted by atomic mass is 15.3. The summed E-state index contributed by atoms with van der Waals surface area (Å²) in [5.74, 6) is 1.90. The Hall–Kier alpha value is -2.61. The Labute approximate surface area is 186 Å². The zero-order chi connectivity index (χ0) is 22.4. The van der Waals surface area contributed by atoms with Gasteiger partial charge in [0, 0.05) is 63.3 Å². The number of piperazine rings is 1. The van der Waals surface area contributed by atoms with Gasteiger partial charge in [0.2, 0.25) is 0 Å². The van der Waals surface area contributed by atoms with Crippen LogP contribution >= 0.6 is 0 Å². The monoisotopic (exact) mass is 426 g/mol. The third kappa shape index (κ3) is 5.97. The summed E-state index contributed by atoms with van der Waals surface area (Å²) in [7, 11) is 4.17. The lowest BCUT2D eigenvalue weighted by atomic mass is 10.1. The van der Waals surface area contributed by atoms with Gasteiger partial charge >= 0.3 is 0 Å². The van der Waals surface area contributed by atoms with Crippen LogP contribution in [-0.2, 0) is 20.0 Å². The third-order valence-electron chi connectivity index (χ3n) is 5.97. The van der Waals surface area contributed by atoms with Gasteiger partial charge in [0.15, 0.2) is 5.96 Å². The first-order valence-corrected chi connectivity index (χ1v) is 11.3. The van der Waals surface area contributed by atoms with Gasteiger partial charge in [-0.25, -0.2) is 9.98 Å². The maximum atomic E-state index is 4.88. The average Bonchev–Trinajstić information content (AvgIpc) is 2.99. The Morgan fingerprint density at radius 2 is 1.94 bits per heavy atom. The number of pyridine rings is 1. The van der Waals surface area contributed by atoms with E-state index in [-0.39, 0.29) is 6.04 Å². The fourth-order valence-electron chi connectivity index (χ4n) is 4.04. The minimum Gasteiger partial charge on any atom is -0.357 e. The first-order chi connectivity index (χ1) is 14.9. The molecule has 0 bridgehead atoms. The van der Waals surface area contributed by atoms with Gasteiger partial charge in [0.1, 0.15) is 5.82 Å². The molecule has 170 valence electrons. The van der Waals surface area contributed by atoms with Gasteiger partial charge in [-0.15, -0.1) is 0 Å². The fraction of sp³-hybridized carbons (Fsp3) is 0.609. The molecule has 1 fully saturated rings. The maximum Gasteiger partial charge on any atom is 0.191 e. The Bertz CT molecular complexity index is 880. The lowest BCUT2D eigenvalue weighted by Gasteiger charge is -2.34. The molecule has 8 heteroatoms. The second-order valence-electron chi connectivity index (χ2n) is 8.49. The van der Waals surface area contributed by atoms with Crippen molar-refractivity contribution in [2.24, 2.45) is 12.0 Å². The fourth-order valence-corrected chi connectivity index (χ4v) is 4.04. The molecule has 0 spiro atoms. The van der Waals surface area contributed by atoms with E-state index in [0.717, 1.165) is 62.2 Å². The van der Waals surface area contributed by atoms with Crippen LogP contribution < -0.4 is 15.5 Å². The molecule has 0 saturated carbocycles. The average molecular weight is 427 g/mol. The van der Waals surface area contributed by atoms with Gasteiger partial charge < -0.3 is 20.4 Å². The van der Waals surface area contributed by atoms with Gasteiger partial charge in [-0.05, 0) is 52.8 Å². The Morgan fingerprint density at radius 3 is 2.58 bits per heavy atom. The molecule has 0 aromatic carbocycles. The number of nitrogens with zero attached hydrogens (tertiary/aromatic N) is 6. The number of likely N-dealkylation sites (N-methyl/N-ethyl adjacent to an activating group) is 1. The number of guanidine groups is 1. The van der Waals surface area contributed by atoms with Crippen molar-refractivity contribution in [3.8, 4) is 0 Å². The first-order valence-electron chi connectivity index (χ1n) is 11.3. The summed E-state index contributed by atoms with van der Waals surface area (Å²) in [6.45, 7) is 14.1. The van der Waals surface area contributed by atoms with E-state index in [4.69, 9.17) is 4.99 Å². The lowest BCUT2D eigenvalue weighted by Crippen LogP contribution is -2.45. The molecule has 31 heavy (non-hydrogen) atoms. The number of aryl methyl sites for hydroxylation is 2. The predicted octanol–water partition coefficient (Wildman–Crippen LogP) is 1.87. The van der Waals surface area contributed by atoms with E-state index in [1.54, 1.807) is 0 Å². The largest absolute Gasteiger partial charge is 0.357 e. The molecule has 1 saturated heterocycles. The number of hydrogen-bond donors (Lipinski definition) is 2. The minimum absolute atomic E-state index is 0.241. The van der Waals surface area contributed by atoms with E-state index >= 15 is 0 Å². The van der Waals surface area contributed by atoms with Crippen LogP contribution in [0.2, 0.25) is 0 Å². The van der Waals surface area contributed by atoms with Crippen LogP contribution in [0.4, 0.5) is 5.82 Å². The zero-order valence-corrected chi connectivity index (χ0v) is 19.9. The summed E-state index contributed by atoms with van der Waals surface area (Å²) in [6, 6.07) is 4.38. The number of aromatic nitrogens is 3. The number of nitrogens with one attached hydrogen (secondary N) is 2. The van der Waals surface area contributed by atoms with Gasteiger partial charge in [0.05, 0.1) is 12.2 Å². The van der Waals surface area contributed by atoms with E-state index < -0.39 is 0 Å². The third-order valence-corrected chi connectivity index (χ3v) is 5.97. The molecule has 3 rings (SSSR count). The molecule has 1 atom stereocenters. The normalized spacial score (nSPS) is 16.5. The smallest absolute Gasteiger partial charge is 0.191 e. The van der Waals surface area contributed by atoms with Crippen LogP contribution in [0.15, 0.2) is 23.3 Å². The molecule has 2 aromatic rings. The van der Waals surface area contributed by atoms with Crippen LogP contribution in [0.25, 0.3) is 0 Å². The number of anilines is 1. The van der Waals surface area contributed by atoms with Crippen molar-refractivity contribution in [2.75, 3.05) is 44.7 Å². The Kier molecular flexibility index (Phi) is 7.90. The van der Waals surface area contributed by atoms with Gasteiger partial charge in [-0.2, -0.15) is 5.10 Å². The van der Waals surface area contributed by atoms with Crippen LogP contribution in [0.3, 0.4) is 0 Å². The van der Waals surface area contributed by atoms with E-state index in [1.807, 2.05) is 24.0 Å². The summed E-state index contributed by atoms with van der Waals surface area (Å²) in [4.78, 5) is 14.3. The van der Waals surface area contributed by atoms with Crippen molar-refractivity contribution in [2.45, 2.75) is 46.7 Å².